The van der Waals surface area contributed by atoms with Crippen LogP contribution in [-0.2, 0) is 10.0 Å². The van der Waals surface area contributed by atoms with Gasteiger partial charge in [-0.2, -0.15) is 0 Å². The number of carbonyl (C=O) groups excluding carboxylic acids is 1. The minimum absolute atomic E-state index is 0.134. The van der Waals surface area contributed by atoms with Gasteiger partial charge in [-0.15, -0.1) is 11.3 Å². The topological polar surface area (TPSA) is 102 Å². The van der Waals surface area contributed by atoms with E-state index in [1.54, 1.807) is 0 Å². The van der Waals surface area contributed by atoms with Crippen LogP contribution in [0.25, 0.3) is 0 Å². The van der Waals surface area contributed by atoms with E-state index in [1.165, 1.54) is 11.7 Å². The molecule has 9 heteroatoms. The van der Waals surface area contributed by atoms with Crippen LogP contribution in [0.4, 0.5) is 10.1 Å². The van der Waals surface area contributed by atoms with Gasteiger partial charge in [0.05, 0.1) is 22.3 Å². The van der Waals surface area contributed by atoms with Gasteiger partial charge in [0.25, 0.3) is 5.91 Å². The fourth-order valence-corrected chi connectivity index (χ4v) is 2.33. The first-order valence-electron chi connectivity index (χ1n) is 4.90. The van der Waals surface area contributed by atoms with Gasteiger partial charge in [0.1, 0.15) is 10.7 Å². The zero-order valence-electron chi connectivity index (χ0n) is 9.33. The molecular weight excluding hydrogens is 293 g/mol. The first-order valence-corrected chi connectivity index (χ1v) is 7.33. The molecule has 0 aliphatic rings. The fraction of sp³-hybridized carbons (Fsp3) is 0. The number of primary sulfonamides is 1. The summed E-state index contributed by atoms with van der Waals surface area (Å²) in [6.07, 6.45) is 1.34. The number of nitrogens with one attached hydrogen (secondary N) is 1. The van der Waals surface area contributed by atoms with Gasteiger partial charge in [0.15, 0.2) is 0 Å². The Morgan fingerprint density at radius 2 is 2.16 bits per heavy atom. The van der Waals surface area contributed by atoms with E-state index in [9.17, 15) is 17.6 Å². The highest BCUT2D eigenvalue weighted by atomic mass is 32.2. The Morgan fingerprint density at radius 1 is 1.42 bits per heavy atom. The quantitative estimate of drug-likeness (QED) is 0.888. The molecule has 0 aliphatic heterocycles. The van der Waals surface area contributed by atoms with E-state index in [0.717, 1.165) is 29.5 Å². The normalized spacial score (nSPS) is 11.3. The first kappa shape index (κ1) is 13.6. The van der Waals surface area contributed by atoms with E-state index >= 15 is 0 Å². The second kappa shape index (κ2) is 5.03. The predicted octanol–water partition coefficient (Wildman–Crippen LogP) is 1.18. The summed E-state index contributed by atoms with van der Waals surface area (Å²) in [7, 11) is -3.97. The molecule has 2 rings (SSSR count). The zero-order chi connectivity index (χ0) is 14.0. The van der Waals surface area contributed by atoms with Crippen molar-refractivity contribution in [2.24, 2.45) is 5.14 Å². The average molecular weight is 301 g/mol. The predicted molar refractivity (Wildman–Crippen MR) is 67.8 cm³/mol. The van der Waals surface area contributed by atoms with Crippen LogP contribution in [0, 0.1) is 5.82 Å². The van der Waals surface area contributed by atoms with E-state index in [-0.39, 0.29) is 10.6 Å². The number of aromatic nitrogens is 1. The molecule has 0 saturated heterocycles. The highest BCUT2D eigenvalue weighted by Gasteiger charge is 2.14. The number of nitrogens with zero attached hydrogens (tertiary/aromatic N) is 1. The number of benzene rings is 1. The number of hydrogen-bond acceptors (Lipinski definition) is 5. The maximum Gasteiger partial charge on any atom is 0.267 e. The molecule has 0 unspecified atom stereocenters. The zero-order valence-corrected chi connectivity index (χ0v) is 11.0. The van der Waals surface area contributed by atoms with Crippen molar-refractivity contribution < 1.29 is 17.6 Å². The molecule has 0 spiro atoms. The molecule has 1 heterocycles. The second-order valence-corrected chi connectivity index (χ2v) is 5.95. The van der Waals surface area contributed by atoms with E-state index in [0.29, 0.717) is 4.88 Å². The molecule has 0 radical (unpaired) electrons. The fourth-order valence-electron chi connectivity index (χ4n) is 1.29. The molecule has 2 aromatic rings. The van der Waals surface area contributed by atoms with Gasteiger partial charge in [-0.1, -0.05) is 0 Å². The van der Waals surface area contributed by atoms with Crippen molar-refractivity contribution in [1.82, 2.24) is 4.98 Å². The Balaban J connectivity index is 2.25. The largest absolute Gasteiger partial charge is 0.319 e. The summed E-state index contributed by atoms with van der Waals surface area (Å²) in [5.41, 5.74) is 1.33. The molecule has 1 aromatic carbocycles. The maximum absolute atomic E-state index is 13.6. The Bertz CT molecular complexity index is 714. The minimum atomic E-state index is -3.97. The lowest BCUT2D eigenvalue weighted by molar-refractivity contribution is 0.103. The summed E-state index contributed by atoms with van der Waals surface area (Å²) in [4.78, 5) is 15.3. The van der Waals surface area contributed by atoms with Gasteiger partial charge in [0.2, 0.25) is 10.0 Å². The molecule has 0 aliphatic carbocycles. The lowest BCUT2D eigenvalue weighted by Crippen LogP contribution is -2.14. The molecule has 19 heavy (non-hydrogen) atoms. The van der Waals surface area contributed by atoms with Crippen LogP contribution in [0.5, 0.6) is 0 Å². The number of nitrogens with two attached hydrogens (primary N) is 1. The summed E-state index contributed by atoms with van der Waals surface area (Å²) in [5.74, 6) is -1.41. The van der Waals surface area contributed by atoms with Crippen molar-refractivity contribution in [3.8, 4) is 0 Å². The molecule has 1 aromatic heterocycles. The van der Waals surface area contributed by atoms with Gasteiger partial charge in [0, 0.05) is 0 Å². The molecule has 3 N–H and O–H groups in total. The molecule has 1 amide bonds. The molecular formula is C10H8FN3O3S2. The van der Waals surface area contributed by atoms with Crippen LogP contribution >= 0.6 is 11.3 Å². The van der Waals surface area contributed by atoms with Gasteiger partial charge in [-0.25, -0.2) is 17.9 Å². The van der Waals surface area contributed by atoms with Crippen molar-refractivity contribution >= 4 is 33.0 Å². The highest BCUT2D eigenvalue weighted by molar-refractivity contribution is 7.89. The van der Waals surface area contributed by atoms with E-state index in [4.69, 9.17) is 5.14 Å². The number of rotatable bonds is 3. The Labute approximate surface area is 112 Å². The monoisotopic (exact) mass is 301 g/mol. The van der Waals surface area contributed by atoms with Gasteiger partial charge in [-0.05, 0) is 18.2 Å². The van der Waals surface area contributed by atoms with Crippen LogP contribution in [0.2, 0.25) is 0 Å². The minimum Gasteiger partial charge on any atom is -0.319 e. The number of halogens is 1. The first-order chi connectivity index (χ1) is 8.88. The highest BCUT2D eigenvalue weighted by Crippen LogP contribution is 2.19. The molecule has 100 valence electrons. The second-order valence-electron chi connectivity index (χ2n) is 3.51. The van der Waals surface area contributed by atoms with Gasteiger partial charge < -0.3 is 5.32 Å². The summed E-state index contributed by atoms with van der Waals surface area (Å²) in [6, 6.07) is 2.99. The number of anilines is 1. The van der Waals surface area contributed by atoms with Crippen LogP contribution in [0.3, 0.4) is 0 Å². The summed E-state index contributed by atoms with van der Waals surface area (Å²) < 4.78 is 35.7. The van der Waals surface area contributed by atoms with E-state index < -0.39 is 21.7 Å². The van der Waals surface area contributed by atoms with E-state index in [1.807, 2.05) is 0 Å². The number of hydrogen-bond donors (Lipinski definition) is 2. The van der Waals surface area contributed by atoms with Crippen LogP contribution in [0.1, 0.15) is 9.67 Å². The average Bonchev–Trinajstić information content (AvgIpc) is 2.84. The molecule has 0 fully saturated rings. The number of sulfonamides is 1. The van der Waals surface area contributed by atoms with Crippen molar-refractivity contribution in [3.63, 3.8) is 0 Å². The summed E-state index contributed by atoms with van der Waals surface area (Å²) >= 11 is 1.10. The SMILES string of the molecule is NS(=O)(=O)c1ccc(NC(=O)c2cncs2)c(F)c1. The van der Waals surface area contributed by atoms with Crippen LogP contribution < -0.4 is 10.5 Å². The smallest absolute Gasteiger partial charge is 0.267 e. The van der Waals surface area contributed by atoms with Gasteiger partial charge >= 0.3 is 0 Å². The standard InChI is InChI=1S/C10H8FN3O3S2/c11-7-3-6(19(12,16)17)1-2-8(7)14-10(15)9-4-13-5-18-9/h1-5H,(H,14,15)(H2,12,16,17). The number of carbonyl (C=O) groups is 1. The third-order valence-electron chi connectivity index (χ3n) is 2.17. The maximum atomic E-state index is 13.6. The summed E-state index contributed by atoms with van der Waals surface area (Å²) in [5, 5.41) is 7.18. The number of thiazole rings is 1. The molecule has 6 nitrogen and oxygen atoms in total. The van der Waals surface area contributed by atoms with Crippen molar-refractivity contribution in [1.29, 1.82) is 0 Å². The Hall–Kier alpha value is -1.84. The Kier molecular flexibility index (Phi) is 3.60. The Morgan fingerprint density at radius 3 is 2.68 bits per heavy atom. The lowest BCUT2D eigenvalue weighted by atomic mass is 10.3. The number of amides is 1. The van der Waals surface area contributed by atoms with Gasteiger partial charge in [-0.3, -0.25) is 9.78 Å². The molecule has 0 bridgehead atoms. The van der Waals surface area contributed by atoms with Crippen molar-refractivity contribution in [2.45, 2.75) is 4.90 Å². The van der Waals surface area contributed by atoms with E-state index in [2.05, 4.69) is 10.3 Å². The molecule has 0 atom stereocenters. The van der Waals surface area contributed by atoms with Crippen LogP contribution in [0.15, 0.2) is 34.8 Å². The van der Waals surface area contributed by atoms with Crippen LogP contribution in [-0.4, -0.2) is 19.3 Å². The van der Waals surface area contributed by atoms with Crippen molar-refractivity contribution in [2.75, 3.05) is 5.32 Å². The summed E-state index contributed by atoms with van der Waals surface area (Å²) in [6.45, 7) is 0. The molecule has 0 saturated carbocycles. The third-order valence-corrected chi connectivity index (χ3v) is 3.86. The lowest BCUT2D eigenvalue weighted by Gasteiger charge is -2.06. The third kappa shape index (κ3) is 3.13. The van der Waals surface area contributed by atoms with Crippen molar-refractivity contribution in [3.05, 3.63) is 40.6 Å².